The molecule has 3 N–H and O–H groups in total. The van der Waals surface area contributed by atoms with E-state index >= 15 is 0 Å². The van der Waals surface area contributed by atoms with E-state index in [4.69, 9.17) is 11.6 Å². The molecule has 88 valence electrons. The molecule has 1 aliphatic heterocycles. The topological polar surface area (TPSA) is 48.0 Å². The van der Waals surface area contributed by atoms with E-state index in [1.54, 1.807) is 0 Å². The van der Waals surface area contributed by atoms with Gasteiger partial charge in [-0.25, -0.2) is 0 Å². The lowest BCUT2D eigenvalue weighted by Crippen LogP contribution is -3.00. The van der Waals surface area contributed by atoms with Crippen LogP contribution in [0.5, 0.6) is 0 Å². The number of carbonyl (C=O) groups is 1. The van der Waals surface area contributed by atoms with Crippen LogP contribution in [0, 0.1) is 0 Å². The van der Waals surface area contributed by atoms with Crippen molar-refractivity contribution in [1.82, 2.24) is 4.90 Å². The van der Waals surface area contributed by atoms with Gasteiger partial charge in [-0.1, -0.05) is 29.8 Å². The molecule has 0 radical (unpaired) electrons. The van der Waals surface area contributed by atoms with Crippen molar-refractivity contribution in [2.24, 2.45) is 0 Å². The highest BCUT2D eigenvalue weighted by Gasteiger charge is 2.31. The smallest absolute Gasteiger partial charge is 0.281 e. The van der Waals surface area contributed by atoms with E-state index in [0.29, 0.717) is 6.54 Å². The Kier molecular flexibility index (Phi) is 4.59. The summed E-state index contributed by atoms with van der Waals surface area (Å²) in [6.45, 7) is 1.39. The number of likely N-dealkylation sites (tertiary alicyclic amines) is 1. The molecule has 1 saturated heterocycles. The van der Waals surface area contributed by atoms with Gasteiger partial charge in [0.2, 0.25) is 0 Å². The second-order valence-corrected chi connectivity index (χ2v) is 4.24. The Labute approximate surface area is 106 Å². The minimum Gasteiger partial charge on any atom is -1.00 e. The van der Waals surface area contributed by atoms with Crippen molar-refractivity contribution in [2.75, 3.05) is 6.54 Å². The van der Waals surface area contributed by atoms with Crippen molar-refractivity contribution in [3.05, 3.63) is 34.9 Å². The average Bonchev–Trinajstić information content (AvgIpc) is 2.53. The van der Waals surface area contributed by atoms with Crippen LogP contribution >= 0.6 is 11.6 Å². The van der Waals surface area contributed by atoms with E-state index in [1.165, 1.54) is 0 Å². The maximum absolute atomic E-state index is 11.6. The minimum absolute atomic E-state index is 0. The summed E-state index contributed by atoms with van der Waals surface area (Å²) in [6.07, 6.45) is 0.850. The van der Waals surface area contributed by atoms with Gasteiger partial charge in [0.15, 0.2) is 6.04 Å². The number of amides is 1. The van der Waals surface area contributed by atoms with Crippen LogP contribution < -0.4 is 18.1 Å². The quantitative estimate of drug-likeness (QED) is 0.639. The molecule has 16 heavy (non-hydrogen) atoms. The molecule has 0 saturated carbocycles. The van der Waals surface area contributed by atoms with Crippen molar-refractivity contribution < 1.29 is 22.9 Å². The maximum atomic E-state index is 11.6. The molecule has 0 unspecified atom stereocenters. The normalized spacial score (nSPS) is 19.8. The number of quaternary nitrogens is 1. The highest BCUT2D eigenvalue weighted by molar-refractivity contribution is 6.31. The summed E-state index contributed by atoms with van der Waals surface area (Å²) in [5, 5.41) is 0.720. The van der Waals surface area contributed by atoms with Crippen LogP contribution in [-0.2, 0) is 11.3 Å². The molecular formula is C11H14Cl2N2O. The van der Waals surface area contributed by atoms with Crippen molar-refractivity contribution in [1.29, 1.82) is 0 Å². The molecule has 3 nitrogen and oxygen atoms in total. The highest BCUT2D eigenvalue weighted by atomic mass is 35.5. The number of halogens is 2. The fraction of sp³-hybridized carbons (Fsp3) is 0.364. The Morgan fingerprint density at radius 3 is 2.69 bits per heavy atom. The zero-order valence-corrected chi connectivity index (χ0v) is 10.3. The highest BCUT2D eigenvalue weighted by Crippen LogP contribution is 2.19. The van der Waals surface area contributed by atoms with Gasteiger partial charge in [0.1, 0.15) is 0 Å². The fourth-order valence-electron chi connectivity index (χ4n) is 1.79. The summed E-state index contributed by atoms with van der Waals surface area (Å²) in [7, 11) is 0. The number of nitrogens with zero attached hydrogens (tertiary/aromatic N) is 1. The van der Waals surface area contributed by atoms with Crippen LogP contribution in [0.1, 0.15) is 12.0 Å². The van der Waals surface area contributed by atoms with Crippen LogP contribution in [0.25, 0.3) is 0 Å². The lowest BCUT2D eigenvalue weighted by molar-refractivity contribution is -0.401. The van der Waals surface area contributed by atoms with Gasteiger partial charge >= 0.3 is 0 Å². The van der Waals surface area contributed by atoms with E-state index in [9.17, 15) is 4.79 Å². The van der Waals surface area contributed by atoms with Gasteiger partial charge in [-0.05, 0) is 11.6 Å². The molecule has 0 aromatic heterocycles. The molecular weight excluding hydrogens is 247 g/mol. The Morgan fingerprint density at radius 1 is 1.44 bits per heavy atom. The molecule has 0 spiro atoms. The monoisotopic (exact) mass is 260 g/mol. The van der Waals surface area contributed by atoms with E-state index < -0.39 is 0 Å². The first-order valence-electron chi connectivity index (χ1n) is 5.04. The van der Waals surface area contributed by atoms with Gasteiger partial charge in [-0.3, -0.25) is 4.79 Å². The van der Waals surface area contributed by atoms with Crippen molar-refractivity contribution in [3.8, 4) is 0 Å². The van der Waals surface area contributed by atoms with Crippen molar-refractivity contribution in [2.45, 2.75) is 19.0 Å². The predicted molar refractivity (Wildman–Crippen MR) is 58.2 cm³/mol. The zero-order valence-electron chi connectivity index (χ0n) is 8.83. The van der Waals surface area contributed by atoms with Gasteiger partial charge in [0.05, 0.1) is 0 Å². The summed E-state index contributed by atoms with van der Waals surface area (Å²) in [5.41, 5.74) is 4.81. The average molecular weight is 261 g/mol. The van der Waals surface area contributed by atoms with E-state index in [0.717, 1.165) is 23.6 Å². The standard InChI is InChI=1S/C11H13ClN2O.ClH/c12-9-4-2-1-3-8(9)7-14-6-5-10(13)11(14)15;/h1-4,10H,5-7,13H2;1H/t10-;/m0./s1. The van der Waals surface area contributed by atoms with Crippen LogP contribution in [0.15, 0.2) is 24.3 Å². The molecule has 2 rings (SSSR count). The Hall–Kier alpha value is -0.770. The van der Waals surface area contributed by atoms with Gasteiger partial charge in [0, 0.05) is 24.5 Å². The molecule has 1 aromatic rings. The van der Waals surface area contributed by atoms with Gasteiger partial charge < -0.3 is 23.0 Å². The third kappa shape index (κ3) is 2.67. The summed E-state index contributed by atoms with van der Waals surface area (Å²) in [4.78, 5) is 13.5. The Bertz CT molecular complexity index is 384. The molecule has 1 aliphatic rings. The third-order valence-electron chi connectivity index (χ3n) is 2.73. The molecule has 1 atom stereocenters. The SMILES string of the molecule is [Cl-].[NH3+][C@H]1CCN(Cc2ccccc2Cl)C1=O. The van der Waals surface area contributed by atoms with E-state index in [1.807, 2.05) is 29.2 Å². The molecule has 1 amide bonds. The number of rotatable bonds is 2. The fourth-order valence-corrected chi connectivity index (χ4v) is 1.99. The largest absolute Gasteiger partial charge is 1.00 e. The molecule has 0 aliphatic carbocycles. The van der Waals surface area contributed by atoms with Crippen LogP contribution in [-0.4, -0.2) is 23.4 Å². The number of hydrogen-bond acceptors (Lipinski definition) is 1. The first kappa shape index (κ1) is 13.3. The van der Waals surface area contributed by atoms with Crippen LogP contribution in [0.2, 0.25) is 5.02 Å². The number of carbonyl (C=O) groups excluding carboxylic acids is 1. The third-order valence-corrected chi connectivity index (χ3v) is 3.10. The second kappa shape index (κ2) is 5.53. The Balaban J connectivity index is 0.00000128. The first-order chi connectivity index (χ1) is 7.18. The summed E-state index contributed by atoms with van der Waals surface area (Å²) in [5.74, 6) is 0.134. The van der Waals surface area contributed by atoms with Gasteiger partial charge in [0.25, 0.3) is 5.91 Å². The predicted octanol–water partition coefficient (Wildman–Crippen LogP) is -2.31. The Morgan fingerprint density at radius 2 is 2.12 bits per heavy atom. The number of benzene rings is 1. The summed E-state index contributed by atoms with van der Waals surface area (Å²) in [6, 6.07) is 7.55. The lowest BCUT2D eigenvalue weighted by atomic mass is 10.2. The van der Waals surface area contributed by atoms with Crippen LogP contribution in [0.4, 0.5) is 0 Å². The van der Waals surface area contributed by atoms with Crippen molar-refractivity contribution in [3.63, 3.8) is 0 Å². The molecule has 0 bridgehead atoms. The maximum Gasteiger partial charge on any atom is 0.281 e. The molecule has 5 heteroatoms. The molecule has 1 heterocycles. The summed E-state index contributed by atoms with van der Waals surface area (Å²) < 4.78 is 0. The summed E-state index contributed by atoms with van der Waals surface area (Å²) >= 11 is 6.03. The van der Waals surface area contributed by atoms with Crippen molar-refractivity contribution >= 4 is 17.5 Å². The lowest BCUT2D eigenvalue weighted by Gasteiger charge is -2.15. The molecule has 1 aromatic carbocycles. The van der Waals surface area contributed by atoms with E-state index in [-0.39, 0.29) is 24.4 Å². The zero-order chi connectivity index (χ0) is 10.8. The second-order valence-electron chi connectivity index (χ2n) is 3.84. The minimum atomic E-state index is -0.0764. The van der Waals surface area contributed by atoms with Gasteiger partial charge in [-0.2, -0.15) is 0 Å². The first-order valence-corrected chi connectivity index (χ1v) is 5.41. The van der Waals surface area contributed by atoms with Gasteiger partial charge in [-0.15, -0.1) is 0 Å². The number of hydrogen-bond donors (Lipinski definition) is 1. The van der Waals surface area contributed by atoms with E-state index in [2.05, 4.69) is 5.73 Å². The van der Waals surface area contributed by atoms with Crippen LogP contribution in [0.3, 0.4) is 0 Å². The molecule has 1 fully saturated rings.